The zero-order chi connectivity index (χ0) is 18.3. The Hall–Kier alpha value is -2.63. The van der Waals surface area contributed by atoms with Crippen LogP contribution in [0.15, 0.2) is 41.0 Å². The minimum atomic E-state index is -0.348. The van der Waals surface area contributed by atoms with Crippen LogP contribution in [0.25, 0.3) is 0 Å². The van der Waals surface area contributed by atoms with Gasteiger partial charge in [0, 0.05) is 26.4 Å². The molecule has 0 unspecified atom stereocenters. The van der Waals surface area contributed by atoms with E-state index in [0.717, 1.165) is 12.0 Å². The molecular weight excluding hydrogens is 330 g/mol. The van der Waals surface area contributed by atoms with Gasteiger partial charge in [0.2, 0.25) is 5.91 Å². The average molecular weight is 353 g/mol. The van der Waals surface area contributed by atoms with Gasteiger partial charge in [-0.3, -0.25) is 9.59 Å². The van der Waals surface area contributed by atoms with Gasteiger partial charge in [0.05, 0.1) is 11.6 Å². The van der Waals surface area contributed by atoms with Crippen LogP contribution < -0.4 is 0 Å². The van der Waals surface area contributed by atoms with Gasteiger partial charge in [0.1, 0.15) is 6.26 Å². The van der Waals surface area contributed by atoms with Gasteiger partial charge in [-0.05, 0) is 25.3 Å². The van der Waals surface area contributed by atoms with Crippen molar-refractivity contribution in [2.45, 2.75) is 51.2 Å². The van der Waals surface area contributed by atoms with Crippen molar-refractivity contribution in [1.82, 2.24) is 14.8 Å². The number of nitrogens with zero attached hydrogens (tertiary/aromatic N) is 3. The number of hydrogen-bond acceptors (Lipinski definition) is 4. The Balaban J connectivity index is 1.60. The summed E-state index contributed by atoms with van der Waals surface area (Å²) < 4.78 is 5.20. The molecular formula is C20H23N3O3. The molecule has 3 heterocycles. The number of hydrogen-bond donors (Lipinski definition) is 0. The second kappa shape index (κ2) is 6.27. The molecule has 136 valence electrons. The van der Waals surface area contributed by atoms with Crippen LogP contribution in [-0.4, -0.2) is 44.7 Å². The maximum absolute atomic E-state index is 12.9. The quantitative estimate of drug-likeness (QED) is 0.851. The van der Waals surface area contributed by atoms with Crippen LogP contribution in [0.3, 0.4) is 0 Å². The molecule has 6 nitrogen and oxygen atoms in total. The number of carbonyl (C=O) groups is 2. The van der Waals surface area contributed by atoms with Gasteiger partial charge in [-0.15, -0.1) is 0 Å². The number of aryl methyl sites for hydroxylation is 1. The molecule has 0 saturated carbocycles. The molecule has 0 bridgehead atoms. The van der Waals surface area contributed by atoms with Crippen molar-refractivity contribution >= 4 is 11.8 Å². The van der Waals surface area contributed by atoms with E-state index >= 15 is 0 Å². The van der Waals surface area contributed by atoms with E-state index in [9.17, 15) is 9.59 Å². The Labute approximate surface area is 152 Å². The lowest BCUT2D eigenvalue weighted by molar-refractivity contribution is -0.144. The zero-order valence-electron chi connectivity index (χ0n) is 15.1. The maximum Gasteiger partial charge on any atom is 0.276 e. The number of benzene rings is 1. The number of likely N-dealkylation sites (tertiary alicyclic amines) is 2. The van der Waals surface area contributed by atoms with Crippen LogP contribution >= 0.6 is 0 Å². The van der Waals surface area contributed by atoms with Crippen LogP contribution in [-0.2, 0) is 11.3 Å². The lowest BCUT2D eigenvalue weighted by Gasteiger charge is -2.47. The fraction of sp³-hybridized carbons (Fsp3) is 0.450. The van der Waals surface area contributed by atoms with E-state index in [4.69, 9.17) is 4.42 Å². The monoisotopic (exact) mass is 353 g/mol. The largest absolute Gasteiger partial charge is 0.448 e. The van der Waals surface area contributed by atoms with Gasteiger partial charge >= 0.3 is 0 Å². The predicted octanol–water partition coefficient (Wildman–Crippen LogP) is 2.78. The average Bonchev–Trinajstić information content (AvgIpc) is 3.22. The van der Waals surface area contributed by atoms with Crippen LogP contribution in [0, 0.1) is 6.92 Å². The Kier molecular flexibility index (Phi) is 4.05. The Morgan fingerprint density at radius 3 is 2.81 bits per heavy atom. The summed E-state index contributed by atoms with van der Waals surface area (Å²) in [7, 11) is 0. The molecule has 2 aliphatic heterocycles. The summed E-state index contributed by atoms with van der Waals surface area (Å²) in [6.07, 6.45) is 3.36. The Bertz CT molecular complexity index is 832. The van der Waals surface area contributed by atoms with Gasteiger partial charge in [0.15, 0.2) is 11.6 Å². The highest BCUT2D eigenvalue weighted by atomic mass is 16.3. The summed E-state index contributed by atoms with van der Waals surface area (Å²) in [6, 6.07) is 10.0. The van der Waals surface area contributed by atoms with E-state index in [2.05, 4.69) is 11.9 Å². The van der Waals surface area contributed by atoms with Gasteiger partial charge in [-0.25, -0.2) is 4.98 Å². The Morgan fingerprint density at radius 1 is 1.35 bits per heavy atom. The molecule has 0 spiro atoms. The van der Waals surface area contributed by atoms with Crippen molar-refractivity contribution < 1.29 is 14.0 Å². The summed E-state index contributed by atoms with van der Waals surface area (Å²) in [5.74, 6) is 0.545. The second-order valence-electron chi connectivity index (χ2n) is 7.38. The highest BCUT2D eigenvalue weighted by Gasteiger charge is 2.53. The molecule has 1 aromatic carbocycles. The first kappa shape index (κ1) is 16.8. The van der Waals surface area contributed by atoms with Crippen molar-refractivity contribution in [2.75, 3.05) is 6.54 Å². The SMILES string of the molecule is Cc1nc(C(=O)N2CC[C@@]3(C)[C@@H]2CCC(=O)N3Cc2ccccc2)co1. The first-order chi connectivity index (χ1) is 12.5. The molecule has 2 aliphatic rings. The van der Waals surface area contributed by atoms with E-state index in [1.54, 1.807) is 6.92 Å². The van der Waals surface area contributed by atoms with E-state index < -0.39 is 0 Å². The third-order valence-electron chi connectivity index (χ3n) is 5.78. The molecule has 2 saturated heterocycles. The Morgan fingerprint density at radius 2 is 2.12 bits per heavy atom. The standard InChI is InChI=1S/C20H23N3O3/c1-14-21-16(13-26-14)19(25)22-11-10-20(2)17(22)8-9-18(24)23(20)12-15-6-4-3-5-7-15/h3-7,13,17H,8-12H2,1-2H3/t17-,20-/m0/s1. The number of piperidine rings is 1. The van der Waals surface area contributed by atoms with Gasteiger partial charge in [-0.1, -0.05) is 30.3 Å². The van der Waals surface area contributed by atoms with Crippen LogP contribution in [0.5, 0.6) is 0 Å². The summed E-state index contributed by atoms with van der Waals surface area (Å²) in [5, 5.41) is 0. The minimum Gasteiger partial charge on any atom is -0.448 e. The van der Waals surface area contributed by atoms with Gasteiger partial charge in [-0.2, -0.15) is 0 Å². The highest BCUT2D eigenvalue weighted by molar-refractivity contribution is 5.93. The summed E-state index contributed by atoms with van der Waals surface area (Å²) in [4.78, 5) is 33.6. The topological polar surface area (TPSA) is 66.7 Å². The van der Waals surface area contributed by atoms with Crippen molar-refractivity contribution in [2.24, 2.45) is 0 Å². The van der Waals surface area contributed by atoms with Gasteiger partial charge < -0.3 is 14.2 Å². The molecule has 0 aliphatic carbocycles. The minimum absolute atomic E-state index is 0.00779. The number of fused-ring (bicyclic) bond motifs is 1. The van der Waals surface area contributed by atoms with Crippen LogP contribution in [0.2, 0.25) is 0 Å². The number of carbonyl (C=O) groups excluding carboxylic acids is 2. The number of amides is 2. The smallest absolute Gasteiger partial charge is 0.276 e. The molecule has 0 radical (unpaired) electrons. The van der Waals surface area contributed by atoms with Crippen molar-refractivity contribution in [3.63, 3.8) is 0 Å². The summed E-state index contributed by atoms with van der Waals surface area (Å²) in [6.45, 7) is 5.05. The molecule has 6 heteroatoms. The maximum atomic E-state index is 12.9. The predicted molar refractivity (Wildman–Crippen MR) is 95.3 cm³/mol. The molecule has 2 fully saturated rings. The van der Waals surface area contributed by atoms with Gasteiger partial charge in [0.25, 0.3) is 5.91 Å². The molecule has 0 N–H and O–H groups in total. The normalized spacial score (nSPS) is 25.5. The lowest BCUT2D eigenvalue weighted by Crippen LogP contribution is -2.60. The fourth-order valence-electron chi connectivity index (χ4n) is 4.35. The van der Waals surface area contributed by atoms with Crippen LogP contribution in [0.1, 0.15) is 48.1 Å². The van der Waals surface area contributed by atoms with E-state index in [1.807, 2.05) is 40.1 Å². The molecule has 2 aromatic rings. The highest BCUT2D eigenvalue weighted by Crippen LogP contribution is 2.41. The van der Waals surface area contributed by atoms with Crippen molar-refractivity contribution in [3.05, 3.63) is 53.7 Å². The number of oxazole rings is 1. The third-order valence-corrected chi connectivity index (χ3v) is 5.78. The zero-order valence-corrected chi connectivity index (χ0v) is 15.1. The van der Waals surface area contributed by atoms with E-state index in [1.165, 1.54) is 6.26 Å². The first-order valence-corrected chi connectivity index (χ1v) is 9.06. The fourth-order valence-corrected chi connectivity index (χ4v) is 4.35. The van der Waals surface area contributed by atoms with Crippen molar-refractivity contribution in [1.29, 1.82) is 0 Å². The molecule has 26 heavy (non-hydrogen) atoms. The second-order valence-corrected chi connectivity index (χ2v) is 7.38. The summed E-state index contributed by atoms with van der Waals surface area (Å²) in [5.41, 5.74) is 1.11. The number of rotatable bonds is 3. The molecule has 4 rings (SSSR count). The number of aromatic nitrogens is 1. The van der Waals surface area contributed by atoms with E-state index in [-0.39, 0.29) is 23.4 Å². The van der Waals surface area contributed by atoms with Crippen molar-refractivity contribution in [3.8, 4) is 0 Å². The molecule has 2 atom stereocenters. The molecule has 1 aromatic heterocycles. The van der Waals surface area contributed by atoms with Crippen LogP contribution in [0.4, 0.5) is 0 Å². The third kappa shape index (κ3) is 2.69. The summed E-state index contributed by atoms with van der Waals surface area (Å²) >= 11 is 0. The molecule has 2 amide bonds. The lowest BCUT2D eigenvalue weighted by atomic mass is 9.83. The van der Waals surface area contributed by atoms with E-state index in [0.29, 0.717) is 37.5 Å². The first-order valence-electron chi connectivity index (χ1n) is 9.06.